The number of fused-ring (bicyclic) bond motifs is 1. The summed E-state index contributed by atoms with van der Waals surface area (Å²) in [5.74, 6) is 0.888. The number of imidazole rings is 1. The van der Waals surface area contributed by atoms with Gasteiger partial charge in [-0.15, -0.1) is 0 Å². The Morgan fingerprint density at radius 2 is 2.21 bits per heavy atom. The van der Waals surface area contributed by atoms with Crippen molar-refractivity contribution in [3.63, 3.8) is 0 Å². The van der Waals surface area contributed by atoms with Crippen LogP contribution in [-0.2, 0) is 6.42 Å². The van der Waals surface area contributed by atoms with Crippen molar-refractivity contribution < 1.29 is 0 Å². The molecule has 0 saturated heterocycles. The number of aromatic nitrogens is 3. The van der Waals surface area contributed by atoms with E-state index in [0.29, 0.717) is 0 Å². The van der Waals surface area contributed by atoms with E-state index in [1.54, 1.807) is 0 Å². The van der Waals surface area contributed by atoms with E-state index in [1.807, 2.05) is 14.0 Å². The van der Waals surface area contributed by atoms with Gasteiger partial charge in [0.05, 0.1) is 22.3 Å². The van der Waals surface area contributed by atoms with Gasteiger partial charge in [-0.25, -0.2) is 4.98 Å². The molecule has 1 aromatic carbocycles. The predicted molar refractivity (Wildman–Crippen MR) is 80.9 cm³/mol. The molecule has 0 aliphatic carbocycles. The van der Waals surface area contributed by atoms with Crippen molar-refractivity contribution in [1.82, 2.24) is 14.3 Å². The molecule has 0 unspecified atom stereocenters. The molecule has 5 heteroatoms. The molecular weight excluding hydrogens is 256 g/mol. The van der Waals surface area contributed by atoms with Crippen LogP contribution in [0.5, 0.6) is 0 Å². The van der Waals surface area contributed by atoms with Crippen LogP contribution in [-0.4, -0.2) is 21.4 Å². The third-order valence-corrected chi connectivity index (χ3v) is 4.24. The van der Waals surface area contributed by atoms with Gasteiger partial charge in [0.15, 0.2) is 0 Å². The molecule has 0 atom stereocenters. The van der Waals surface area contributed by atoms with Crippen molar-refractivity contribution in [2.75, 3.05) is 12.4 Å². The number of hydrogen-bond acceptors (Lipinski definition) is 4. The average molecular weight is 272 g/mol. The van der Waals surface area contributed by atoms with E-state index in [9.17, 15) is 0 Å². The van der Waals surface area contributed by atoms with Crippen LogP contribution >= 0.6 is 11.5 Å². The zero-order valence-electron chi connectivity index (χ0n) is 11.2. The highest BCUT2D eigenvalue weighted by atomic mass is 32.1. The lowest BCUT2D eigenvalue weighted by atomic mass is 10.1. The number of anilines is 1. The van der Waals surface area contributed by atoms with Crippen LogP contribution in [0.2, 0.25) is 0 Å². The highest BCUT2D eigenvalue weighted by Crippen LogP contribution is 2.33. The summed E-state index contributed by atoms with van der Waals surface area (Å²) in [5.41, 5.74) is 5.48. The largest absolute Gasteiger partial charge is 0.378 e. The van der Waals surface area contributed by atoms with Crippen molar-refractivity contribution in [3.05, 3.63) is 29.5 Å². The molecular formula is C14H16N4S. The lowest BCUT2D eigenvalue weighted by molar-refractivity contribution is 1.14. The molecule has 0 aliphatic rings. The number of nitrogens with zero attached hydrogens (tertiary/aromatic N) is 2. The van der Waals surface area contributed by atoms with Crippen LogP contribution in [0.4, 0.5) is 5.00 Å². The zero-order chi connectivity index (χ0) is 13.4. The fourth-order valence-corrected chi connectivity index (χ4v) is 2.96. The minimum Gasteiger partial charge on any atom is -0.378 e. The number of nitrogens with one attached hydrogen (secondary N) is 2. The van der Waals surface area contributed by atoms with E-state index >= 15 is 0 Å². The number of H-pyrrole nitrogens is 1. The van der Waals surface area contributed by atoms with Crippen molar-refractivity contribution in [3.8, 4) is 11.4 Å². The SMILES string of the molecule is CCc1ccc2nc(-c3c(C)nsc3NC)[nH]c2c1. The molecule has 2 heterocycles. The monoisotopic (exact) mass is 272 g/mol. The molecule has 0 bridgehead atoms. The van der Waals surface area contributed by atoms with Crippen molar-refractivity contribution in [2.45, 2.75) is 20.3 Å². The molecule has 0 aliphatic heterocycles. The van der Waals surface area contributed by atoms with Gasteiger partial charge in [0, 0.05) is 7.05 Å². The second-order valence-electron chi connectivity index (χ2n) is 4.51. The van der Waals surface area contributed by atoms with Gasteiger partial charge in [-0.2, -0.15) is 4.37 Å². The van der Waals surface area contributed by atoms with Gasteiger partial charge in [0.1, 0.15) is 10.8 Å². The third-order valence-electron chi connectivity index (χ3n) is 3.28. The van der Waals surface area contributed by atoms with E-state index in [4.69, 9.17) is 0 Å². The Labute approximate surface area is 116 Å². The second kappa shape index (κ2) is 4.66. The van der Waals surface area contributed by atoms with Gasteiger partial charge in [0.2, 0.25) is 0 Å². The first-order valence-electron chi connectivity index (χ1n) is 6.36. The lowest BCUT2D eigenvalue weighted by Crippen LogP contribution is -1.89. The number of rotatable bonds is 3. The maximum Gasteiger partial charge on any atom is 0.143 e. The molecule has 4 nitrogen and oxygen atoms in total. The van der Waals surface area contributed by atoms with Crippen LogP contribution in [0, 0.1) is 6.92 Å². The fourth-order valence-electron chi connectivity index (χ4n) is 2.21. The molecule has 19 heavy (non-hydrogen) atoms. The van der Waals surface area contributed by atoms with Crippen LogP contribution < -0.4 is 5.32 Å². The molecule has 3 rings (SSSR count). The lowest BCUT2D eigenvalue weighted by Gasteiger charge is -1.98. The zero-order valence-corrected chi connectivity index (χ0v) is 12.1. The van der Waals surface area contributed by atoms with Crippen molar-refractivity contribution in [1.29, 1.82) is 0 Å². The van der Waals surface area contributed by atoms with E-state index < -0.39 is 0 Å². The minimum absolute atomic E-state index is 0.888. The first-order valence-corrected chi connectivity index (χ1v) is 7.13. The molecule has 98 valence electrons. The van der Waals surface area contributed by atoms with Crippen molar-refractivity contribution in [2.24, 2.45) is 0 Å². The number of benzene rings is 1. The third kappa shape index (κ3) is 2.00. The summed E-state index contributed by atoms with van der Waals surface area (Å²) in [6.07, 6.45) is 1.03. The van der Waals surface area contributed by atoms with Gasteiger partial charge in [-0.1, -0.05) is 13.0 Å². The Morgan fingerprint density at radius 3 is 2.95 bits per heavy atom. The summed E-state index contributed by atoms with van der Waals surface area (Å²) >= 11 is 1.47. The predicted octanol–water partition coefficient (Wildman–Crippen LogP) is 3.60. The van der Waals surface area contributed by atoms with Gasteiger partial charge in [-0.3, -0.25) is 0 Å². The summed E-state index contributed by atoms with van der Waals surface area (Å²) in [7, 11) is 1.91. The summed E-state index contributed by atoms with van der Waals surface area (Å²) < 4.78 is 4.39. The van der Waals surface area contributed by atoms with E-state index in [1.165, 1.54) is 17.1 Å². The Kier molecular flexibility index (Phi) is 2.98. The maximum absolute atomic E-state index is 4.67. The van der Waals surface area contributed by atoms with Gasteiger partial charge < -0.3 is 10.3 Å². The number of aromatic amines is 1. The van der Waals surface area contributed by atoms with Crippen LogP contribution in [0.3, 0.4) is 0 Å². The normalized spacial score (nSPS) is 11.1. The van der Waals surface area contributed by atoms with Crippen LogP contribution in [0.15, 0.2) is 18.2 Å². The van der Waals surface area contributed by atoms with Gasteiger partial charge in [0.25, 0.3) is 0 Å². The Hall–Kier alpha value is -1.88. The highest BCUT2D eigenvalue weighted by Gasteiger charge is 2.15. The number of hydrogen-bond donors (Lipinski definition) is 2. The fraction of sp³-hybridized carbons (Fsp3) is 0.286. The topological polar surface area (TPSA) is 53.6 Å². The Balaban J connectivity index is 2.17. The summed E-state index contributed by atoms with van der Waals surface area (Å²) in [6.45, 7) is 4.17. The molecule has 2 aromatic heterocycles. The smallest absolute Gasteiger partial charge is 0.143 e. The molecule has 0 spiro atoms. The Bertz CT molecular complexity index is 726. The van der Waals surface area contributed by atoms with Crippen LogP contribution in [0.1, 0.15) is 18.2 Å². The molecule has 0 amide bonds. The van der Waals surface area contributed by atoms with Crippen molar-refractivity contribution >= 4 is 27.6 Å². The van der Waals surface area contributed by atoms with E-state index in [-0.39, 0.29) is 0 Å². The van der Waals surface area contributed by atoms with Gasteiger partial charge >= 0.3 is 0 Å². The first kappa shape index (κ1) is 12.2. The van der Waals surface area contributed by atoms with Gasteiger partial charge in [-0.05, 0) is 42.6 Å². The van der Waals surface area contributed by atoms with E-state index in [2.05, 4.69) is 44.8 Å². The first-order chi connectivity index (χ1) is 9.22. The number of aryl methyl sites for hydroxylation is 2. The van der Waals surface area contributed by atoms with E-state index in [0.717, 1.165) is 39.5 Å². The molecule has 0 radical (unpaired) electrons. The standard InChI is InChI=1S/C14H16N4S/c1-4-9-5-6-10-11(7-9)17-13(16-10)12-8(2)18-19-14(12)15-3/h5-7,15H,4H2,1-3H3,(H,16,17). The average Bonchev–Trinajstić information content (AvgIpc) is 3.00. The summed E-state index contributed by atoms with van der Waals surface area (Å²) in [6, 6.07) is 6.37. The molecule has 2 N–H and O–H groups in total. The quantitative estimate of drug-likeness (QED) is 0.766. The molecule has 3 aromatic rings. The summed E-state index contributed by atoms with van der Waals surface area (Å²) in [4.78, 5) is 8.07. The summed E-state index contributed by atoms with van der Waals surface area (Å²) in [5, 5.41) is 4.23. The molecule has 0 saturated carbocycles. The minimum atomic E-state index is 0.888. The molecule has 0 fully saturated rings. The highest BCUT2D eigenvalue weighted by molar-refractivity contribution is 7.10. The second-order valence-corrected chi connectivity index (χ2v) is 5.29. The van der Waals surface area contributed by atoms with Crippen LogP contribution in [0.25, 0.3) is 22.4 Å². The maximum atomic E-state index is 4.67. The Morgan fingerprint density at radius 1 is 1.37 bits per heavy atom.